The van der Waals surface area contributed by atoms with Gasteiger partial charge in [0.25, 0.3) is 0 Å². The van der Waals surface area contributed by atoms with Crippen LogP contribution in [0.4, 0.5) is 0 Å². The SMILES string of the molecule is CC1CCN(C(C)(N2CCC(C)(C)CC2)N2CCC3(CCC3)CC2)CC1. The van der Waals surface area contributed by atoms with Crippen molar-refractivity contribution in [2.24, 2.45) is 16.7 Å². The summed E-state index contributed by atoms with van der Waals surface area (Å²) in [4.78, 5) is 8.63. The number of piperidine rings is 3. The van der Waals surface area contributed by atoms with Crippen molar-refractivity contribution in [2.75, 3.05) is 39.3 Å². The van der Waals surface area contributed by atoms with E-state index < -0.39 is 0 Å². The smallest absolute Gasteiger partial charge is 0.128 e. The maximum Gasteiger partial charge on any atom is 0.128 e. The van der Waals surface area contributed by atoms with Crippen molar-refractivity contribution < 1.29 is 0 Å². The van der Waals surface area contributed by atoms with Gasteiger partial charge >= 0.3 is 0 Å². The van der Waals surface area contributed by atoms with Gasteiger partial charge in [0.05, 0.1) is 0 Å². The Labute approximate surface area is 162 Å². The molecule has 26 heavy (non-hydrogen) atoms. The second-order valence-electron chi connectivity index (χ2n) is 11.1. The zero-order chi connectivity index (χ0) is 18.4. The normalized spacial score (nSPS) is 33.7. The van der Waals surface area contributed by atoms with Gasteiger partial charge in [-0.1, -0.05) is 27.2 Å². The molecule has 0 aromatic heterocycles. The minimum Gasteiger partial charge on any atom is -0.273 e. The minimum absolute atomic E-state index is 0.155. The molecule has 1 atom stereocenters. The summed E-state index contributed by atoms with van der Waals surface area (Å²) < 4.78 is 0. The molecule has 1 unspecified atom stereocenters. The van der Waals surface area contributed by atoms with Gasteiger partial charge in [-0.05, 0) is 75.0 Å². The molecule has 4 rings (SSSR count). The van der Waals surface area contributed by atoms with Crippen molar-refractivity contribution in [3.8, 4) is 0 Å². The van der Waals surface area contributed by atoms with Crippen molar-refractivity contribution in [1.29, 1.82) is 0 Å². The molecule has 1 aliphatic carbocycles. The predicted molar refractivity (Wildman–Crippen MR) is 110 cm³/mol. The lowest BCUT2D eigenvalue weighted by atomic mass is 9.63. The summed E-state index contributed by atoms with van der Waals surface area (Å²) >= 11 is 0. The fourth-order valence-electron chi connectivity index (χ4n) is 6.15. The molecule has 1 spiro atoms. The van der Waals surface area contributed by atoms with E-state index in [4.69, 9.17) is 0 Å². The fraction of sp³-hybridized carbons (Fsp3) is 1.00. The Morgan fingerprint density at radius 3 is 1.62 bits per heavy atom. The number of nitrogens with zero attached hydrogens (tertiary/aromatic N) is 3. The van der Waals surface area contributed by atoms with E-state index in [1.165, 1.54) is 97.1 Å². The molecule has 1 saturated carbocycles. The molecule has 4 aliphatic rings. The van der Waals surface area contributed by atoms with Crippen LogP contribution in [0.15, 0.2) is 0 Å². The molecule has 4 fully saturated rings. The van der Waals surface area contributed by atoms with E-state index in [-0.39, 0.29) is 5.79 Å². The van der Waals surface area contributed by atoms with Crippen LogP contribution in [0.3, 0.4) is 0 Å². The summed E-state index contributed by atoms with van der Waals surface area (Å²) in [5.74, 6) is 1.07. The first-order valence-electron chi connectivity index (χ1n) is 11.6. The van der Waals surface area contributed by atoms with Gasteiger partial charge in [-0.3, -0.25) is 14.7 Å². The van der Waals surface area contributed by atoms with Crippen molar-refractivity contribution >= 4 is 0 Å². The first-order valence-corrected chi connectivity index (χ1v) is 11.6. The van der Waals surface area contributed by atoms with Gasteiger partial charge in [-0.2, -0.15) is 0 Å². The van der Waals surface area contributed by atoms with Crippen LogP contribution in [0.25, 0.3) is 0 Å². The van der Waals surface area contributed by atoms with Gasteiger partial charge in [0.1, 0.15) is 5.79 Å². The van der Waals surface area contributed by atoms with Crippen molar-refractivity contribution in [3.05, 3.63) is 0 Å². The molecule has 0 aromatic carbocycles. The van der Waals surface area contributed by atoms with Gasteiger partial charge in [0.15, 0.2) is 0 Å². The molecule has 150 valence electrons. The fourth-order valence-corrected chi connectivity index (χ4v) is 6.15. The zero-order valence-electron chi connectivity index (χ0n) is 18.0. The molecule has 0 radical (unpaired) electrons. The van der Waals surface area contributed by atoms with Gasteiger partial charge in [0, 0.05) is 39.3 Å². The molecule has 3 saturated heterocycles. The standard InChI is InChI=1S/C23H43N3/c1-20-6-14-24(15-7-20)22(4,25-16-10-21(2,3)11-17-25)26-18-12-23(13-19-26)8-5-9-23/h20H,5-19H2,1-4H3. The Hall–Kier alpha value is -0.120. The van der Waals surface area contributed by atoms with Crippen LogP contribution in [0.2, 0.25) is 0 Å². The Bertz CT molecular complexity index is 470. The third kappa shape index (κ3) is 3.49. The maximum atomic E-state index is 2.89. The minimum atomic E-state index is 0.155. The Kier molecular flexibility index (Phi) is 5.20. The van der Waals surface area contributed by atoms with Gasteiger partial charge in [-0.25, -0.2) is 0 Å². The first-order chi connectivity index (χ1) is 12.3. The zero-order valence-corrected chi connectivity index (χ0v) is 18.0. The lowest BCUT2D eigenvalue weighted by Crippen LogP contribution is -2.72. The quantitative estimate of drug-likeness (QED) is 0.716. The Morgan fingerprint density at radius 2 is 1.15 bits per heavy atom. The summed E-state index contributed by atoms with van der Waals surface area (Å²) in [7, 11) is 0. The van der Waals surface area contributed by atoms with E-state index in [2.05, 4.69) is 42.4 Å². The summed E-state index contributed by atoms with van der Waals surface area (Å²) in [5, 5.41) is 0. The molecule has 3 nitrogen and oxygen atoms in total. The van der Waals surface area contributed by atoms with Crippen molar-refractivity contribution in [3.63, 3.8) is 0 Å². The average molecular weight is 362 g/mol. The molecule has 0 N–H and O–H groups in total. The number of likely N-dealkylation sites (tertiary alicyclic amines) is 3. The summed E-state index contributed by atoms with van der Waals surface area (Å²) in [6.07, 6.45) is 12.9. The predicted octanol–water partition coefficient (Wildman–Crippen LogP) is 4.78. The van der Waals surface area contributed by atoms with Gasteiger partial charge in [-0.15, -0.1) is 0 Å². The Balaban J connectivity index is 1.51. The van der Waals surface area contributed by atoms with Crippen LogP contribution in [0.1, 0.15) is 85.5 Å². The number of hydrogen-bond donors (Lipinski definition) is 0. The topological polar surface area (TPSA) is 9.72 Å². The highest BCUT2D eigenvalue weighted by molar-refractivity contribution is 4.98. The largest absolute Gasteiger partial charge is 0.273 e. The van der Waals surface area contributed by atoms with Crippen LogP contribution in [0.5, 0.6) is 0 Å². The van der Waals surface area contributed by atoms with E-state index in [1.54, 1.807) is 0 Å². The van der Waals surface area contributed by atoms with E-state index in [0.29, 0.717) is 5.41 Å². The van der Waals surface area contributed by atoms with E-state index in [9.17, 15) is 0 Å². The van der Waals surface area contributed by atoms with Crippen LogP contribution >= 0.6 is 0 Å². The first kappa shape index (κ1) is 19.2. The molecule has 3 heteroatoms. The summed E-state index contributed by atoms with van der Waals surface area (Å²) in [6, 6.07) is 0. The molecule has 3 aliphatic heterocycles. The van der Waals surface area contributed by atoms with Gasteiger partial charge in [0.2, 0.25) is 0 Å². The van der Waals surface area contributed by atoms with Crippen molar-refractivity contribution in [1.82, 2.24) is 14.7 Å². The molecule has 0 bridgehead atoms. The molecular formula is C23H43N3. The van der Waals surface area contributed by atoms with Crippen LogP contribution < -0.4 is 0 Å². The summed E-state index contributed by atoms with van der Waals surface area (Å²) in [6.45, 7) is 17.7. The molecular weight excluding hydrogens is 318 g/mol. The highest BCUT2D eigenvalue weighted by atomic mass is 15.6. The molecule has 0 aromatic rings. The van der Waals surface area contributed by atoms with E-state index in [0.717, 1.165) is 11.3 Å². The monoisotopic (exact) mass is 361 g/mol. The second kappa shape index (κ2) is 7.04. The third-order valence-electron chi connectivity index (χ3n) is 8.94. The molecule has 0 amide bonds. The third-order valence-corrected chi connectivity index (χ3v) is 8.94. The Morgan fingerprint density at radius 1 is 0.692 bits per heavy atom. The number of hydrogen-bond acceptors (Lipinski definition) is 3. The average Bonchev–Trinajstić information content (AvgIpc) is 2.60. The molecule has 3 heterocycles. The van der Waals surface area contributed by atoms with Crippen molar-refractivity contribution in [2.45, 2.75) is 91.3 Å². The number of rotatable bonds is 3. The second-order valence-corrected chi connectivity index (χ2v) is 11.1. The van der Waals surface area contributed by atoms with Crippen LogP contribution in [0, 0.1) is 16.7 Å². The highest BCUT2D eigenvalue weighted by Gasteiger charge is 2.49. The van der Waals surface area contributed by atoms with Crippen LogP contribution in [-0.4, -0.2) is 59.8 Å². The highest BCUT2D eigenvalue weighted by Crippen LogP contribution is 2.50. The van der Waals surface area contributed by atoms with Gasteiger partial charge < -0.3 is 0 Å². The maximum absolute atomic E-state index is 2.89. The lowest BCUT2D eigenvalue weighted by molar-refractivity contribution is -0.193. The lowest BCUT2D eigenvalue weighted by Gasteiger charge is -2.61. The van der Waals surface area contributed by atoms with Crippen LogP contribution in [-0.2, 0) is 0 Å². The summed E-state index contributed by atoms with van der Waals surface area (Å²) in [5.41, 5.74) is 1.28. The van der Waals surface area contributed by atoms with E-state index >= 15 is 0 Å². The van der Waals surface area contributed by atoms with E-state index in [1.807, 2.05) is 0 Å².